The van der Waals surface area contributed by atoms with Gasteiger partial charge in [-0.05, 0) is 37.0 Å². The van der Waals surface area contributed by atoms with Crippen molar-refractivity contribution in [2.75, 3.05) is 6.54 Å². The number of aliphatic hydroxyl groups excluding tert-OH is 1. The first kappa shape index (κ1) is 13.3. The molecule has 0 amide bonds. The number of nitrogens with one attached hydrogen (secondary N) is 1. The normalized spacial score (nSPS) is 22.4. The zero-order chi connectivity index (χ0) is 14.1. The monoisotopic (exact) mass is 273 g/mol. The lowest BCUT2D eigenvalue weighted by Gasteiger charge is -2.03. The molecule has 1 fully saturated rings. The molecule has 1 aromatic heterocycles. The van der Waals surface area contributed by atoms with Crippen molar-refractivity contribution in [2.45, 2.75) is 38.8 Å². The van der Waals surface area contributed by atoms with E-state index in [1.165, 1.54) is 16.7 Å². The summed E-state index contributed by atoms with van der Waals surface area (Å²) < 4.78 is 5.29. The summed E-state index contributed by atoms with van der Waals surface area (Å²) in [5, 5.41) is 16.7. The van der Waals surface area contributed by atoms with Crippen LogP contribution in [0.25, 0.3) is 0 Å². The molecule has 2 unspecified atom stereocenters. The van der Waals surface area contributed by atoms with Crippen LogP contribution >= 0.6 is 0 Å². The van der Waals surface area contributed by atoms with Crippen LogP contribution in [0.5, 0.6) is 0 Å². The summed E-state index contributed by atoms with van der Waals surface area (Å²) >= 11 is 0. The number of nitrogens with zero attached hydrogens (tertiary/aromatic N) is 2. The first-order chi connectivity index (χ1) is 9.61. The molecular formula is C15H19N3O2. The fourth-order valence-corrected chi connectivity index (χ4v) is 2.48. The van der Waals surface area contributed by atoms with Gasteiger partial charge < -0.3 is 14.9 Å². The fourth-order valence-electron chi connectivity index (χ4n) is 2.48. The van der Waals surface area contributed by atoms with Crippen LogP contribution in [0.3, 0.4) is 0 Å². The number of β-amino-alcohol motifs (C(OH)–C–C–N with tert-alkyl or cyclic N) is 1. The van der Waals surface area contributed by atoms with E-state index in [-0.39, 0.29) is 12.1 Å². The highest BCUT2D eigenvalue weighted by atomic mass is 16.5. The Morgan fingerprint density at radius 1 is 1.35 bits per heavy atom. The summed E-state index contributed by atoms with van der Waals surface area (Å²) in [5.41, 5.74) is 3.73. The molecule has 0 saturated carbocycles. The Bertz CT molecular complexity index is 609. The predicted octanol–water partition coefficient (Wildman–Crippen LogP) is 1.67. The summed E-state index contributed by atoms with van der Waals surface area (Å²) in [6, 6.07) is 6.34. The average molecular weight is 273 g/mol. The lowest BCUT2D eigenvalue weighted by molar-refractivity contribution is 0.191. The summed E-state index contributed by atoms with van der Waals surface area (Å²) in [6.45, 7) is 4.78. The lowest BCUT2D eigenvalue weighted by Crippen LogP contribution is -2.15. The van der Waals surface area contributed by atoms with Crippen molar-refractivity contribution in [1.29, 1.82) is 0 Å². The van der Waals surface area contributed by atoms with Gasteiger partial charge in [-0.1, -0.05) is 23.4 Å². The minimum atomic E-state index is -0.324. The van der Waals surface area contributed by atoms with Crippen molar-refractivity contribution >= 4 is 0 Å². The largest absolute Gasteiger partial charge is 0.392 e. The molecule has 5 nitrogen and oxygen atoms in total. The highest BCUT2D eigenvalue weighted by Gasteiger charge is 2.28. The number of rotatable bonds is 3. The molecule has 0 spiro atoms. The van der Waals surface area contributed by atoms with Crippen LogP contribution in [0.1, 0.15) is 40.9 Å². The maximum Gasteiger partial charge on any atom is 0.243 e. The second-order valence-corrected chi connectivity index (χ2v) is 5.49. The number of aliphatic hydroxyl groups is 1. The molecular weight excluding hydrogens is 254 g/mol. The van der Waals surface area contributed by atoms with E-state index in [4.69, 9.17) is 4.52 Å². The number of hydrogen-bond donors (Lipinski definition) is 2. The summed E-state index contributed by atoms with van der Waals surface area (Å²) in [6.07, 6.45) is 0.973. The van der Waals surface area contributed by atoms with Gasteiger partial charge in [-0.2, -0.15) is 4.98 Å². The van der Waals surface area contributed by atoms with Gasteiger partial charge in [-0.3, -0.25) is 0 Å². The topological polar surface area (TPSA) is 71.2 Å². The SMILES string of the molecule is Cc1ccc(Cc2noc(C3CC(O)CN3)n2)cc1C. The van der Waals surface area contributed by atoms with Crippen LogP contribution in [-0.4, -0.2) is 27.9 Å². The predicted molar refractivity (Wildman–Crippen MR) is 74.4 cm³/mol. The summed E-state index contributed by atoms with van der Waals surface area (Å²) in [4.78, 5) is 4.42. The number of aromatic nitrogens is 2. The van der Waals surface area contributed by atoms with E-state index >= 15 is 0 Å². The standard InChI is InChI=1S/C15H19N3O2/c1-9-3-4-11(5-10(9)2)6-14-17-15(20-18-14)13-7-12(19)8-16-13/h3-5,12-13,16,19H,6-8H2,1-2H3. The zero-order valence-corrected chi connectivity index (χ0v) is 11.8. The third kappa shape index (κ3) is 2.73. The van der Waals surface area contributed by atoms with Crippen LogP contribution in [0.2, 0.25) is 0 Å². The molecule has 2 N–H and O–H groups in total. The Morgan fingerprint density at radius 2 is 2.20 bits per heavy atom. The van der Waals surface area contributed by atoms with Gasteiger partial charge in [0.1, 0.15) is 0 Å². The van der Waals surface area contributed by atoms with Crippen molar-refractivity contribution in [2.24, 2.45) is 0 Å². The molecule has 2 aromatic rings. The van der Waals surface area contributed by atoms with E-state index in [1.807, 2.05) is 0 Å². The number of benzene rings is 1. The van der Waals surface area contributed by atoms with Crippen molar-refractivity contribution < 1.29 is 9.63 Å². The number of hydrogen-bond acceptors (Lipinski definition) is 5. The smallest absolute Gasteiger partial charge is 0.243 e. The van der Waals surface area contributed by atoms with Crippen LogP contribution in [-0.2, 0) is 6.42 Å². The molecule has 1 saturated heterocycles. The van der Waals surface area contributed by atoms with Gasteiger partial charge in [0, 0.05) is 13.0 Å². The molecule has 0 radical (unpaired) electrons. The fraction of sp³-hybridized carbons (Fsp3) is 0.467. The number of aryl methyl sites for hydroxylation is 2. The Morgan fingerprint density at radius 3 is 2.90 bits per heavy atom. The Kier molecular flexibility index (Phi) is 3.54. The van der Waals surface area contributed by atoms with Crippen molar-refractivity contribution in [3.05, 3.63) is 46.6 Å². The highest BCUT2D eigenvalue weighted by Crippen LogP contribution is 2.22. The van der Waals surface area contributed by atoms with Crippen molar-refractivity contribution in [3.63, 3.8) is 0 Å². The van der Waals surface area contributed by atoms with Gasteiger partial charge in [0.05, 0.1) is 12.1 Å². The molecule has 1 aromatic carbocycles. The van der Waals surface area contributed by atoms with E-state index in [0.29, 0.717) is 31.1 Å². The van der Waals surface area contributed by atoms with Gasteiger partial charge in [-0.25, -0.2) is 0 Å². The quantitative estimate of drug-likeness (QED) is 0.890. The first-order valence-electron chi connectivity index (χ1n) is 6.92. The van der Waals surface area contributed by atoms with Gasteiger partial charge in [0.25, 0.3) is 0 Å². The molecule has 20 heavy (non-hydrogen) atoms. The van der Waals surface area contributed by atoms with Crippen LogP contribution < -0.4 is 5.32 Å². The molecule has 1 aliphatic heterocycles. The molecule has 2 heterocycles. The first-order valence-corrected chi connectivity index (χ1v) is 6.92. The Balaban J connectivity index is 1.72. The van der Waals surface area contributed by atoms with Gasteiger partial charge >= 0.3 is 0 Å². The zero-order valence-electron chi connectivity index (χ0n) is 11.8. The molecule has 3 rings (SSSR count). The van der Waals surface area contributed by atoms with Gasteiger partial charge in [0.2, 0.25) is 5.89 Å². The van der Waals surface area contributed by atoms with Gasteiger partial charge in [-0.15, -0.1) is 0 Å². The van der Waals surface area contributed by atoms with E-state index in [0.717, 1.165) is 0 Å². The van der Waals surface area contributed by atoms with Crippen LogP contribution in [0.4, 0.5) is 0 Å². The molecule has 5 heteroatoms. The third-order valence-corrected chi connectivity index (χ3v) is 3.82. The minimum absolute atomic E-state index is 0.0222. The second-order valence-electron chi connectivity index (χ2n) is 5.49. The lowest BCUT2D eigenvalue weighted by atomic mass is 10.0. The Labute approximate surface area is 118 Å². The molecule has 106 valence electrons. The molecule has 0 bridgehead atoms. The second kappa shape index (κ2) is 5.34. The molecule has 1 aliphatic rings. The van der Waals surface area contributed by atoms with Gasteiger partial charge in [0.15, 0.2) is 5.82 Å². The van der Waals surface area contributed by atoms with Crippen molar-refractivity contribution in [1.82, 2.24) is 15.5 Å². The van der Waals surface area contributed by atoms with E-state index < -0.39 is 0 Å². The maximum atomic E-state index is 9.51. The minimum Gasteiger partial charge on any atom is -0.392 e. The molecule has 0 aliphatic carbocycles. The average Bonchev–Trinajstić information content (AvgIpc) is 3.03. The van der Waals surface area contributed by atoms with Crippen LogP contribution in [0.15, 0.2) is 22.7 Å². The highest BCUT2D eigenvalue weighted by molar-refractivity contribution is 5.31. The van der Waals surface area contributed by atoms with E-state index in [2.05, 4.69) is 47.5 Å². The van der Waals surface area contributed by atoms with E-state index in [1.54, 1.807) is 0 Å². The third-order valence-electron chi connectivity index (χ3n) is 3.82. The summed E-state index contributed by atoms with van der Waals surface area (Å²) in [5.74, 6) is 1.26. The summed E-state index contributed by atoms with van der Waals surface area (Å²) in [7, 11) is 0. The van der Waals surface area contributed by atoms with Crippen molar-refractivity contribution in [3.8, 4) is 0 Å². The van der Waals surface area contributed by atoms with Crippen LogP contribution in [0, 0.1) is 13.8 Å². The van der Waals surface area contributed by atoms with E-state index in [9.17, 15) is 5.11 Å². The maximum absolute atomic E-state index is 9.51. The Hall–Kier alpha value is -1.72. The molecule has 2 atom stereocenters.